The van der Waals surface area contributed by atoms with Gasteiger partial charge in [-0.3, -0.25) is 4.79 Å². The number of halogens is 1. The third-order valence-corrected chi connectivity index (χ3v) is 5.09. The van der Waals surface area contributed by atoms with Crippen LogP contribution in [0.3, 0.4) is 0 Å². The fourth-order valence-electron chi connectivity index (χ4n) is 3.47. The molecule has 0 amide bonds. The summed E-state index contributed by atoms with van der Waals surface area (Å²) in [5, 5.41) is 0.656. The van der Waals surface area contributed by atoms with Crippen LogP contribution in [0.5, 0.6) is 5.75 Å². The highest BCUT2D eigenvalue weighted by molar-refractivity contribution is 6.31. The van der Waals surface area contributed by atoms with Crippen molar-refractivity contribution in [3.05, 3.63) is 58.9 Å². The maximum atomic E-state index is 12.0. The quantitative estimate of drug-likeness (QED) is 0.471. The zero-order valence-corrected chi connectivity index (χ0v) is 18.1. The molecule has 0 saturated heterocycles. The average molecular weight is 415 g/mol. The molecule has 0 bridgehead atoms. The largest absolute Gasteiger partial charge is 0.497 e. The van der Waals surface area contributed by atoms with Gasteiger partial charge in [0.05, 0.1) is 31.2 Å². The molecular formula is C23H27ClN2O3. The molecule has 0 fully saturated rings. The van der Waals surface area contributed by atoms with E-state index in [0.29, 0.717) is 31.0 Å². The van der Waals surface area contributed by atoms with Gasteiger partial charge in [0.25, 0.3) is 0 Å². The van der Waals surface area contributed by atoms with Crippen molar-refractivity contribution in [2.45, 2.75) is 40.2 Å². The number of carbonyl (C=O) groups is 1. The molecule has 0 spiro atoms. The molecule has 0 radical (unpaired) electrons. The van der Waals surface area contributed by atoms with Crippen molar-refractivity contribution in [3.8, 4) is 5.75 Å². The summed E-state index contributed by atoms with van der Waals surface area (Å²) in [6, 6.07) is 13.8. The smallest absolute Gasteiger partial charge is 0.306 e. The zero-order chi connectivity index (χ0) is 21.0. The molecule has 154 valence electrons. The molecule has 0 aliphatic rings. The normalized spacial score (nSPS) is 11.6. The number of imidazole rings is 1. The number of ether oxygens (including phenoxy) is 2. The zero-order valence-electron chi connectivity index (χ0n) is 17.4. The fraction of sp³-hybridized carbons (Fsp3) is 0.391. The Morgan fingerprint density at radius 2 is 1.90 bits per heavy atom. The minimum absolute atomic E-state index is 0.182. The average Bonchev–Trinajstić information content (AvgIpc) is 2.97. The molecule has 1 heterocycles. The lowest BCUT2D eigenvalue weighted by Gasteiger charge is -2.23. The Kier molecular flexibility index (Phi) is 6.48. The Labute approximate surface area is 176 Å². The number of carbonyl (C=O) groups excluding carboxylic acids is 1. The van der Waals surface area contributed by atoms with Crippen molar-refractivity contribution in [3.63, 3.8) is 0 Å². The SMILES string of the molecule is CCOC(=O)CC(C)(C)Cc1nc2cc(Cl)ccc2n1Cc1ccc(OC)cc1. The Bertz CT molecular complexity index is 993. The molecule has 29 heavy (non-hydrogen) atoms. The van der Waals surface area contributed by atoms with Crippen LogP contribution in [0.25, 0.3) is 11.0 Å². The van der Waals surface area contributed by atoms with Gasteiger partial charge in [-0.05, 0) is 48.2 Å². The van der Waals surface area contributed by atoms with E-state index in [0.717, 1.165) is 28.2 Å². The molecule has 6 heteroatoms. The summed E-state index contributed by atoms with van der Waals surface area (Å²) in [6.07, 6.45) is 0.988. The van der Waals surface area contributed by atoms with E-state index in [1.54, 1.807) is 7.11 Å². The van der Waals surface area contributed by atoms with Gasteiger partial charge >= 0.3 is 5.97 Å². The monoisotopic (exact) mass is 414 g/mol. The molecule has 0 N–H and O–H groups in total. The Morgan fingerprint density at radius 3 is 2.55 bits per heavy atom. The molecule has 2 aromatic carbocycles. The third-order valence-electron chi connectivity index (χ3n) is 4.85. The van der Waals surface area contributed by atoms with Crippen LogP contribution < -0.4 is 4.74 Å². The van der Waals surface area contributed by atoms with Gasteiger partial charge in [-0.25, -0.2) is 4.98 Å². The minimum Gasteiger partial charge on any atom is -0.497 e. The Hall–Kier alpha value is -2.53. The number of esters is 1. The molecule has 0 aliphatic heterocycles. The summed E-state index contributed by atoms with van der Waals surface area (Å²) in [6.45, 7) is 7.02. The summed E-state index contributed by atoms with van der Waals surface area (Å²) >= 11 is 6.19. The second kappa shape index (κ2) is 8.87. The van der Waals surface area contributed by atoms with Gasteiger partial charge < -0.3 is 14.0 Å². The van der Waals surface area contributed by atoms with E-state index >= 15 is 0 Å². The van der Waals surface area contributed by atoms with Gasteiger partial charge in [-0.15, -0.1) is 0 Å². The third kappa shape index (κ3) is 5.30. The number of fused-ring (bicyclic) bond motifs is 1. The predicted octanol–water partition coefficient (Wildman–Crippen LogP) is 5.27. The van der Waals surface area contributed by atoms with Crippen LogP contribution in [0.2, 0.25) is 5.02 Å². The highest BCUT2D eigenvalue weighted by Gasteiger charge is 2.26. The van der Waals surface area contributed by atoms with Crippen molar-refractivity contribution in [2.24, 2.45) is 5.41 Å². The van der Waals surface area contributed by atoms with E-state index in [9.17, 15) is 4.79 Å². The predicted molar refractivity (Wildman–Crippen MR) is 116 cm³/mol. The number of rotatable bonds is 8. The molecule has 3 rings (SSSR count). The van der Waals surface area contributed by atoms with E-state index in [1.165, 1.54) is 0 Å². The first-order chi connectivity index (χ1) is 13.8. The van der Waals surface area contributed by atoms with Crippen molar-refractivity contribution in [2.75, 3.05) is 13.7 Å². The molecule has 5 nitrogen and oxygen atoms in total. The van der Waals surface area contributed by atoms with Gasteiger partial charge in [0.15, 0.2) is 0 Å². The van der Waals surface area contributed by atoms with Crippen LogP contribution in [-0.2, 0) is 22.5 Å². The van der Waals surface area contributed by atoms with Gasteiger partial charge in [0.2, 0.25) is 0 Å². The maximum Gasteiger partial charge on any atom is 0.306 e. The number of nitrogens with zero attached hydrogens (tertiary/aromatic N) is 2. The lowest BCUT2D eigenvalue weighted by atomic mass is 9.85. The highest BCUT2D eigenvalue weighted by atomic mass is 35.5. The van der Waals surface area contributed by atoms with Crippen LogP contribution in [0.1, 0.15) is 38.6 Å². The summed E-state index contributed by atoms with van der Waals surface area (Å²) in [7, 11) is 1.66. The Morgan fingerprint density at radius 1 is 1.17 bits per heavy atom. The summed E-state index contributed by atoms with van der Waals surface area (Å²) in [5.41, 5.74) is 2.74. The summed E-state index contributed by atoms with van der Waals surface area (Å²) in [5.74, 6) is 1.57. The van der Waals surface area contributed by atoms with Crippen LogP contribution >= 0.6 is 11.6 Å². The maximum absolute atomic E-state index is 12.0. The minimum atomic E-state index is -0.283. The van der Waals surface area contributed by atoms with E-state index in [1.807, 2.05) is 49.4 Å². The molecule has 0 aliphatic carbocycles. The van der Waals surface area contributed by atoms with Crippen LogP contribution in [-0.4, -0.2) is 29.2 Å². The fourth-order valence-corrected chi connectivity index (χ4v) is 3.64. The Balaban J connectivity index is 1.94. The number of methoxy groups -OCH3 is 1. The second-order valence-electron chi connectivity index (χ2n) is 7.92. The van der Waals surface area contributed by atoms with E-state index in [2.05, 4.69) is 18.4 Å². The molecule has 0 unspecified atom stereocenters. The van der Waals surface area contributed by atoms with Crippen LogP contribution in [0.15, 0.2) is 42.5 Å². The van der Waals surface area contributed by atoms with Crippen LogP contribution in [0.4, 0.5) is 0 Å². The summed E-state index contributed by atoms with van der Waals surface area (Å²) in [4.78, 5) is 16.9. The van der Waals surface area contributed by atoms with E-state index in [4.69, 9.17) is 26.1 Å². The van der Waals surface area contributed by atoms with E-state index in [-0.39, 0.29) is 11.4 Å². The van der Waals surface area contributed by atoms with Gasteiger partial charge in [-0.1, -0.05) is 37.6 Å². The van der Waals surface area contributed by atoms with Crippen molar-refractivity contribution < 1.29 is 14.3 Å². The standard InChI is InChI=1S/C23H27ClN2O3/c1-5-29-22(27)14-23(2,3)13-21-25-19-12-17(24)8-11-20(19)26(21)15-16-6-9-18(28-4)10-7-16/h6-12H,5,13-15H2,1-4H3. The number of benzene rings is 2. The van der Waals surface area contributed by atoms with Crippen molar-refractivity contribution >= 4 is 28.6 Å². The molecule has 0 atom stereocenters. The van der Waals surface area contributed by atoms with Crippen molar-refractivity contribution in [1.82, 2.24) is 9.55 Å². The first-order valence-electron chi connectivity index (χ1n) is 9.74. The number of hydrogen-bond donors (Lipinski definition) is 0. The molecule has 0 saturated carbocycles. The number of hydrogen-bond acceptors (Lipinski definition) is 4. The molecular weight excluding hydrogens is 388 g/mol. The summed E-state index contributed by atoms with van der Waals surface area (Å²) < 4.78 is 12.6. The second-order valence-corrected chi connectivity index (χ2v) is 8.35. The van der Waals surface area contributed by atoms with Gasteiger partial charge in [0.1, 0.15) is 11.6 Å². The van der Waals surface area contributed by atoms with Gasteiger partial charge in [0, 0.05) is 18.0 Å². The lowest BCUT2D eigenvalue weighted by molar-refractivity contribution is -0.145. The number of aromatic nitrogens is 2. The molecule has 1 aromatic heterocycles. The first-order valence-corrected chi connectivity index (χ1v) is 10.1. The van der Waals surface area contributed by atoms with Crippen molar-refractivity contribution in [1.29, 1.82) is 0 Å². The topological polar surface area (TPSA) is 53.3 Å². The van der Waals surface area contributed by atoms with E-state index < -0.39 is 0 Å². The lowest BCUT2D eigenvalue weighted by Crippen LogP contribution is -2.23. The first kappa shape index (κ1) is 21.2. The molecule has 3 aromatic rings. The van der Waals surface area contributed by atoms with Gasteiger partial charge in [-0.2, -0.15) is 0 Å². The van der Waals surface area contributed by atoms with Crippen LogP contribution in [0, 0.1) is 5.41 Å². The highest BCUT2D eigenvalue weighted by Crippen LogP contribution is 2.30.